The van der Waals surface area contributed by atoms with Crippen LogP contribution in [-0.2, 0) is 4.79 Å². The lowest BCUT2D eigenvalue weighted by atomic mass is 10.00. The van der Waals surface area contributed by atoms with E-state index in [1.54, 1.807) is 0 Å². The van der Waals surface area contributed by atoms with Gasteiger partial charge in [-0.25, -0.2) is 0 Å². The van der Waals surface area contributed by atoms with Gasteiger partial charge in [-0.15, -0.1) is 0 Å². The highest BCUT2D eigenvalue weighted by atomic mass is 16.2. The van der Waals surface area contributed by atoms with E-state index in [1.165, 1.54) is 12.8 Å². The second kappa shape index (κ2) is 7.99. The summed E-state index contributed by atoms with van der Waals surface area (Å²) < 4.78 is 0. The molecule has 1 fully saturated rings. The van der Waals surface area contributed by atoms with Crippen molar-refractivity contribution >= 4 is 5.91 Å². The molecule has 1 unspecified atom stereocenters. The Kier molecular flexibility index (Phi) is 6.96. The fourth-order valence-electron chi connectivity index (χ4n) is 2.71. The summed E-state index contributed by atoms with van der Waals surface area (Å²) >= 11 is 0. The Hall–Kier alpha value is -0.610. The molecular formula is C16H33N3O. The molecule has 0 spiro atoms. The minimum Gasteiger partial charge on any atom is -0.353 e. The zero-order valence-electron chi connectivity index (χ0n) is 14.0. The molecule has 1 rings (SSSR count). The zero-order valence-corrected chi connectivity index (χ0v) is 14.0. The number of carbonyl (C=O) groups is 1. The molecule has 0 aliphatic carbocycles. The number of carbonyl (C=O) groups excluding carboxylic acids is 1. The van der Waals surface area contributed by atoms with E-state index < -0.39 is 0 Å². The van der Waals surface area contributed by atoms with Crippen LogP contribution in [0.4, 0.5) is 0 Å². The Morgan fingerprint density at radius 3 is 2.60 bits per heavy atom. The van der Waals surface area contributed by atoms with Crippen molar-refractivity contribution in [2.75, 3.05) is 26.2 Å². The number of hydrogen-bond donors (Lipinski definition) is 2. The minimum absolute atomic E-state index is 0.0659. The van der Waals surface area contributed by atoms with Crippen LogP contribution in [0.3, 0.4) is 0 Å². The summed E-state index contributed by atoms with van der Waals surface area (Å²) in [5.41, 5.74) is 0.0659. The molecular weight excluding hydrogens is 250 g/mol. The van der Waals surface area contributed by atoms with Gasteiger partial charge in [0.1, 0.15) is 0 Å². The van der Waals surface area contributed by atoms with Crippen LogP contribution in [0.25, 0.3) is 0 Å². The first-order chi connectivity index (χ1) is 9.31. The van der Waals surface area contributed by atoms with Crippen LogP contribution in [0.2, 0.25) is 0 Å². The quantitative estimate of drug-likeness (QED) is 0.751. The number of rotatable bonds is 7. The SMILES string of the molecule is CC(C)CCCC(C)NC(=O)CN1CCNCC1(C)C. The third-order valence-corrected chi connectivity index (χ3v) is 4.13. The van der Waals surface area contributed by atoms with Gasteiger partial charge in [-0.05, 0) is 33.1 Å². The fraction of sp³-hybridized carbons (Fsp3) is 0.938. The minimum atomic E-state index is 0.0659. The van der Waals surface area contributed by atoms with Crippen molar-refractivity contribution in [1.29, 1.82) is 0 Å². The second-order valence-corrected chi connectivity index (χ2v) is 7.20. The van der Waals surface area contributed by atoms with E-state index in [0.29, 0.717) is 6.54 Å². The van der Waals surface area contributed by atoms with Crippen molar-refractivity contribution < 1.29 is 4.79 Å². The highest BCUT2D eigenvalue weighted by molar-refractivity contribution is 5.78. The maximum atomic E-state index is 12.1. The molecule has 4 nitrogen and oxygen atoms in total. The van der Waals surface area contributed by atoms with E-state index in [2.05, 4.69) is 50.2 Å². The average molecular weight is 283 g/mol. The molecule has 1 aliphatic heterocycles. The molecule has 1 saturated heterocycles. The summed E-state index contributed by atoms with van der Waals surface area (Å²) in [6.07, 6.45) is 3.51. The Morgan fingerprint density at radius 2 is 2.00 bits per heavy atom. The second-order valence-electron chi connectivity index (χ2n) is 7.20. The van der Waals surface area contributed by atoms with E-state index in [9.17, 15) is 4.79 Å². The Balaban J connectivity index is 2.28. The average Bonchev–Trinajstić information content (AvgIpc) is 2.31. The van der Waals surface area contributed by atoms with Gasteiger partial charge in [-0.3, -0.25) is 9.69 Å². The molecule has 118 valence electrons. The topological polar surface area (TPSA) is 44.4 Å². The standard InChI is InChI=1S/C16H33N3O/c1-13(2)7-6-8-14(3)18-15(20)11-19-10-9-17-12-16(19,4)5/h13-14,17H,6-12H2,1-5H3,(H,18,20). The number of nitrogens with one attached hydrogen (secondary N) is 2. The van der Waals surface area contributed by atoms with Crippen LogP contribution in [-0.4, -0.2) is 48.6 Å². The molecule has 0 aromatic carbocycles. The van der Waals surface area contributed by atoms with Crippen LogP contribution in [0.1, 0.15) is 53.9 Å². The van der Waals surface area contributed by atoms with Gasteiger partial charge in [0.05, 0.1) is 6.54 Å². The largest absolute Gasteiger partial charge is 0.353 e. The summed E-state index contributed by atoms with van der Waals surface area (Å²) in [4.78, 5) is 14.4. The van der Waals surface area contributed by atoms with Crippen molar-refractivity contribution in [3.8, 4) is 0 Å². The highest BCUT2D eigenvalue weighted by Crippen LogP contribution is 2.15. The zero-order chi connectivity index (χ0) is 15.2. The Labute approximate surface area is 124 Å². The lowest BCUT2D eigenvalue weighted by molar-refractivity contribution is -0.124. The smallest absolute Gasteiger partial charge is 0.234 e. The third kappa shape index (κ3) is 6.23. The van der Waals surface area contributed by atoms with Crippen molar-refractivity contribution in [2.45, 2.75) is 65.5 Å². The lowest BCUT2D eigenvalue weighted by Gasteiger charge is -2.42. The molecule has 1 atom stereocenters. The van der Waals surface area contributed by atoms with E-state index in [-0.39, 0.29) is 17.5 Å². The number of amides is 1. The third-order valence-electron chi connectivity index (χ3n) is 4.13. The number of nitrogens with zero attached hydrogens (tertiary/aromatic N) is 1. The molecule has 0 aromatic heterocycles. The van der Waals surface area contributed by atoms with E-state index >= 15 is 0 Å². The van der Waals surface area contributed by atoms with Crippen LogP contribution >= 0.6 is 0 Å². The van der Waals surface area contributed by atoms with Gasteiger partial charge in [0.2, 0.25) is 5.91 Å². The molecule has 1 amide bonds. The summed E-state index contributed by atoms with van der Waals surface area (Å²) in [5, 5.41) is 6.52. The van der Waals surface area contributed by atoms with Crippen molar-refractivity contribution in [2.24, 2.45) is 5.92 Å². The summed E-state index contributed by atoms with van der Waals surface area (Å²) in [5.74, 6) is 0.913. The molecule has 0 aromatic rings. The lowest BCUT2D eigenvalue weighted by Crippen LogP contribution is -2.60. The number of hydrogen-bond acceptors (Lipinski definition) is 3. The molecule has 0 saturated carbocycles. The van der Waals surface area contributed by atoms with Crippen molar-refractivity contribution in [1.82, 2.24) is 15.5 Å². The van der Waals surface area contributed by atoms with E-state index in [0.717, 1.165) is 32.0 Å². The number of piperazine rings is 1. The van der Waals surface area contributed by atoms with Crippen molar-refractivity contribution in [3.63, 3.8) is 0 Å². The maximum absolute atomic E-state index is 12.1. The van der Waals surface area contributed by atoms with Crippen LogP contribution in [0.5, 0.6) is 0 Å². The molecule has 0 bridgehead atoms. The fourth-order valence-corrected chi connectivity index (χ4v) is 2.71. The Morgan fingerprint density at radius 1 is 1.30 bits per heavy atom. The van der Waals surface area contributed by atoms with Crippen LogP contribution < -0.4 is 10.6 Å². The van der Waals surface area contributed by atoms with Gasteiger partial charge >= 0.3 is 0 Å². The first-order valence-electron chi connectivity index (χ1n) is 8.06. The Bertz CT molecular complexity index is 302. The first kappa shape index (κ1) is 17.4. The normalized spacial score (nSPS) is 20.9. The summed E-state index contributed by atoms with van der Waals surface area (Å²) in [6, 6.07) is 0.285. The molecule has 1 heterocycles. The summed E-state index contributed by atoms with van der Waals surface area (Å²) in [6.45, 7) is 14.4. The van der Waals surface area contributed by atoms with Crippen LogP contribution in [0, 0.1) is 5.92 Å². The maximum Gasteiger partial charge on any atom is 0.234 e. The van der Waals surface area contributed by atoms with Crippen LogP contribution in [0.15, 0.2) is 0 Å². The monoisotopic (exact) mass is 283 g/mol. The molecule has 0 radical (unpaired) electrons. The van der Waals surface area contributed by atoms with Gasteiger partial charge < -0.3 is 10.6 Å². The molecule has 4 heteroatoms. The predicted octanol–water partition coefficient (Wildman–Crippen LogP) is 2.00. The molecule has 20 heavy (non-hydrogen) atoms. The van der Waals surface area contributed by atoms with Gasteiger partial charge in [0.25, 0.3) is 0 Å². The van der Waals surface area contributed by atoms with Crippen molar-refractivity contribution in [3.05, 3.63) is 0 Å². The van der Waals surface area contributed by atoms with E-state index in [4.69, 9.17) is 0 Å². The molecule has 2 N–H and O–H groups in total. The van der Waals surface area contributed by atoms with Gasteiger partial charge in [0, 0.05) is 31.2 Å². The van der Waals surface area contributed by atoms with Gasteiger partial charge in [-0.2, -0.15) is 0 Å². The van der Waals surface area contributed by atoms with Gasteiger partial charge in [-0.1, -0.05) is 26.7 Å². The summed E-state index contributed by atoms with van der Waals surface area (Å²) in [7, 11) is 0. The predicted molar refractivity (Wildman–Crippen MR) is 84.8 cm³/mol. The first-order valence-corrected chi connectivity index (χ1v) is 8.06. The van der Waals surface area contributed by atoms with E-state index in [1.807, 2.05) is 0 Å². The highest BCUT2D eigenvalue weighted by Gasteiger charge is 2.30. The molecule has 1 aliphatic rings. The van der Waals surface area contributed by atoms with Gasteiger partial charge in [0.15, 0.2) is 0 Å².